The number of carbonyl (C=O) groups excluding carboxylic acids is 1. The molecule has 1 saturated carbocycles. The average molecular weight is 554 g/mol. The zero-order chi connectivity index (χ0) is 27.5. The molecule has 5 aromatic rings. The van der Waals surface area contributed by atoms with E-state index in [1.54, 1.807) is 20.4 Å². The highest BCUT2D eigenvalue weighted by atomic mass is 32.1. The summed E-state index contributed by atoms with van der Waals surface area (Å²) in [6.07, 6.45) is 4.10. The van der Waals surface area contributed by atoms with Crippen molar-refractivity contribution in [2.24, 2.45) is 10.2 Å². The lowest BCUT2D eigenvalue weighted by atomic mass is 9.95. The van der Waals surface area contributed by atoms with Gasteiger partial charge in [-0.25, -0.2) is 4.98 Å². The molecule has 9 nitrogen and oxygen atoms in total. The first-order valence-corrected chi connectivity index (χ1v) is 13.7. The maximum absolute atomic E-state index is 13.1. The maximum Gasteiger partial charge on any atom is 0.341 e. The number of hydrogen-bond acceptors (Lipinski definition) is 9. The second kappa shape index (κ2) is 10.9. The van der Waals surface area contributed by atoms with Crippen molar-refractivity contribution in [3.8, 4) is 11.5 Å². The van der Waals surface area contributed by atoms with Gasteiger partial charge < -0.3 is 19.2 Å². The summed E-state index contributed by atoms with van der Waals surface area (Å²) in [5.74, 6) is 1.29. The van der Waals surface area contributed by atoms with Crippen molar-refractivity contribution in [2.45, 2.75) is 31.2 Å². The van der Waals surface area contributed by atoms with Gasteiger partial charge in [-0.1, -0.05) is 53.6 Å². The van der Waals surface area contributed by atoms with Gasteiger partial charge in [-0.15, -0.1) is 11.3 Å². The summed E-state index contributed by atoms with van der Waals surface area (Å²) in [7, 11) is 3.19. The molecule has 40 heavy (non-hydrogen) atoms. The highest BCUT2D eigenvalue weighted by Gasteiger charge is 2.51. The highest BCUT2D eigenvalue weighted by Crippen LogP contribution is 2.49. The number of nitrogens with one attached hydrogen (secondary N) is 1. The first-order chi connectivity index (χ1) is 19.6. The maximum atomic E-state index is 13.1. The van der Waals surface area contributed by atoms with Gasteiger partial charge in [-0.2, -0.15) is 10.1 Å². The smallest absolute Gasteiger partial charge is 0.341 e. The van der Waals surface area contributed by atoms with Crippen LogP contribution >= 0.6 is 11.3 Å². The molecule has 10 heteroatoms. The van der Waals surface area contributed by atoms with Gasteiger partial charge in [0.25, 0.3) is 0 Å². The molecule has 2 aromatic heterocycles. The van der Waals surface area contributed by atoms with E-state index < -0.39 is 5.41 Å². The fourth-order valence-electron chi connectivity index (χ4n) is 4.72. The molecule has 0 bridgehead atoms. The number of thiazole rings is 1. The summed E-state index contributed by atoms with van der Waals surface area (Å²) in [5, 5.41) is 12.1. The molecule has 0 saturated heterocycles. The SMILES string of the molecule is COc1ccc(CN=Nc2nc3c(Cc4cnc(NC(=O)C5(c6ccccc6)CC5)s4)cccc3o2)cc1OC. The van der Waals surface area contributed by atoms with Crippen LogP contribution in [0.5, 0.6) is 11.5 Å². The fraction of sp³-hybridized carbons (Fsp3) is 0.233. The minimum absolute atomic E-state index is 0.00119. The fourth-order valence-corrected chi connectivity index (χ4v) is 5.55. The monoisotopic (exact) mass is 553 g/mol. The number of carbonyl (C=O) groups is 1. The molecule has 2 heterocycles. The van der Waals surface area contributed by atoms with Gasteiger partial charge in [-0.3, -0.25) is 4.79 Å². The van der Waals surface area contributed by atoms with Crippen LogP contribution in [0.3, 0.4) is 0 Å². The topological polar surface area (TPSA) is 111 Å². The zero-order valence-electron chi connectivity index (χ0n) is 22.1. The Hall–Kier alpha value is -4.57. The Bertz CT molecular complexity index is 1690. The first-order valence-electron chi connectivity index (χ1n) is 12.9. The summed E-state index contributed by atoms with van der Waals surface area (Å²) in [4.78, 5) is 23.1. The Kier molecular flexibility index (Phi) is 7.00. The second-order valence-corrected chi connectivity index (χ2v) is 10.7. The van der Waals surface area contributed by atoms with E-state index in [-0.39, 0.29) is 11.9 Å². The molecule has 1 amide bonds. The molecule has 0 radical (unpaired) electrons. The van der Waals surface area contributed by atoms with E-state index in [9.17, 15) is 4.79 Å². The van der Waals surface area contributed by atoms with E-state index in [1.165, 1.54) is 11.3 Å². The standard InChI is InChI=1S/C30H27N5O4S/c1-37-23-12-11-19(15-25(23)38-2)17-32-35-28-33-26-20(7-6-10-24(26)39-28)16-22-18-31-29(40-22)34-27(36)30(13-14-30)21-8-4-3-5-9-21/h3-12,15,18H,13-14,16-17H2,1-2H3,(H,31,34,36). The number of hydrogen-bond donors (Lipinski definition) is 1. The lowest BCUT2D eigenvalue weighted by Crippen LogP contribution is -2.27. The van der Waals surface area contributed by atoms with Crippen molar-refractivity contribution in [3.63, 3.8) is 0 Å². The summed E-state index contributed by atoms with van der Waals surface area (Å²) >= 11 is 1.46. The minimum atomic E-state index is -0.441. The molecule has 3 aromatic carbocycles. The third-order valence-corrected chi connectivity index (χ3v) is 7.91. The lowest BCUT2D eigenvalue weighted by molar-refractivity contribution is -0.118. The van der Waals surface area contributed by atoms with E-state index in [1.807, 2.05) is 66.7 Å². The van der Waals surface area contributed by atoms with Crippen LogP contribution in [0.25, 0.3) is 11.1 Å². The highest BCUT2D eigenvalue weighted by molar-refractivity contribution is 7.15. The van der Waals surface area contributed by atoms with Gasteiger partial charge in [-0.05, 0) is 47.7 Å². The molecule has 1 aliphatic carbocycles. The van der Waals surface area contributed by atoms with Crippen LogP contribution in [0.15, 0.2) is 87.6 Å². The van der Waals surface area contributed by atoms with Crippen LogP contribution in [0.4, 0.5) is 11.1 Å². The van der Waals surface area contributed by atoms with Gasteiger partial charge in [0, 0.05) is 17.5 Å². The number of oxazole rings is 1. The minimum Gasteiger partial charge on any atom is -0.493 e. The number of benzene rings is 3. The molecule has 0 aliphatic heterocycles. The number of azo groups is 1. The van der Waals surface area contributed by atoms with E-state index in [4.69, 9.17) is 13.9 Å². The molecular formula is C30H27N5O4S. The predicted molar refractivity (Wildman–Crippen MR) is 153 cm³/mol. The summed E-state index contributed by atoms with van der Waals surface area (Å²) < 4.78 is 16.4. The van der Waals surface area contributed by atoms with Crippen molar-refractivity contribution in [3.05, 3.63) is 94.5 Å². The van der Waals surface area contributed by atoms with Crippen LogP contribution in [0.2, 0.25) is 0 Å². The zero-order valence-corrected chi connectivity index (χ0v) is 22.9. The van der Waals surface area contributed by atoms with Gasteiger partial charge in [0.2, 0.25) is 5.91 Å². The molecule has 0 unspecified atom stereocenters. The third-order valence-electron chi connectivity index (χ3n) is 7.00. The Morgan fingerprint density at radius 1 is 1.05 bits per heavy atom. The van der Waals surface area contributed by atoms with Crippen LogP contribution in [0.1, 0.15) is 34.4 Å². The number of aromatic nitrogens is 2. The molecule has 0 atom stereocenters. The van der Waals surface area contributed by atoms with Crippen LogP contribution in [-0.4, -0.2) is 30.1 Å². The Labute approximate surface area is 234 Å². The molecule has 1 aliphatic rings. The molecule has 1 fully saturated rings. The van der Waals surface area contributed by atoms with Gasteiger partial charge in [0.15, 0.2) is 22.2 Å². The number of fused-ring (bicyclic) bond motifs is 1. The Morgan fingerprint density at radius 2 is 1.88 bits per heavy atom. The van der Waals surface area contributed by atoms with Gasteiger partial charge in [0.05, 0.1) is 26.2 Å². The van der Waals surface area contributed by atoms with Crippen molar-refractivity contribution in [1.29, 1.82) is 0 Å². The number of para-hydroxylation sites is 1. The van der Waals surface area contributed by atoms with Crippen LogP contribution in [0, 0.1) is 0 Å². The van der Waals surface area contributed by atoms with E-state index in [0.29, 0.717) is 35.2 Å². The van der Waals surface area contributed by atoms with E-state index in [2.05, 4.69) is 25.5 Å². The number of methoxy groups -OCH3 is 2. The molecular weight excluding hydrogens is 526 g/mol. The average Bonchev–Trinajstić information content (AvgIpc) is 3.52. The summed E-state index contributed by atoms with van der Waals surface area (Å²) in [6, 6.07) is 21.5. The lowest BCUT2D eigenvalue weighted by Gasteiger charge is -2.14. The second-order valence-electron chi connectivity index (χ2n) is 9.56. The molecule has 1 N–H and O–H groups in total. The quantitative estimate of drug-likeness (QED) is 0.189. The molecule has 202 valence electrons. The normalized spacial score (nSPS) is 13.9. The number of nitrogens with zero attached hydrogens (tertiary/aromatic N) is 4. The van der Waals surface area contributed by atoms with Gasteiger partial charge in [0.1, 0.15) is 5.52 Å². The van der Waals surface area contributed by atoms with Crippen molar-refractivity contribution in [2.75, 3.05) is 19.5 Å². The largest absolute Gasteiger partial charge is 0.493 e. The first kappa shape index (κ1) is 25.7. The number of amides is 1. The Morgan fingerprint density at radius 3 is 2.65 bits per heavy atom. The third kappa shape index (κ3) is 5.17. The number of ether oxygens (including phenoxy) is 2. The molecule has 0 spiro atoms. The van der Waals surface area contributed by atoms with E-state index in [0.717, 1.165) is 39.9 Å². The van der Waals surface area contributed by atoms with Gasteiger partial charge >= 0.3 is 6.01 Å². The van der Waals surface area contributed by atoms with Crippen LogP contribution in [-0.2, 0) is 23.2 Å². The Balaban J connectivity index is 1.13. The van der Waals surface area contributed by atoms with Crippen molar-refractivity contribution >= 4 is 39.5 Å². The van der Waals surface area contributed by atoms with E-state index >= 15 is 0 Å². The summed E-state index contributed by atoms with van der Waals surface area (Å²) in [6.45, 7) is 0.340. The van der Waals surface area contributed by atoms with Crippen molar-refractivity contribution in [1.82, 2.24) is 9.97 Å². The number of rotatable bonds is 10. The summed E-state index contributed by atoms with van der Waals surface area (Å²) in [5.41, 5.74) is 3.87. The predicted octanol–water partition coefficient (Wildman–Crippen LogP) is 6.85. The van der Waals surface area contributed by atoms with Crippen molar-refractivity contribution < 1.29 is 18.7 Å². The number of anilines is 1. The van der Waals surface area contributed by atoms with Crippen LogP contribution < -0.4 is 14.8 Å². The molecule has 6 rings (SSSR count).